The summed E-state index contributed by atoms with van der Waals surface area (Å²) in [5, 5.41) is 13.3. The number of amides is 1. The van der Waals surface area contributed by atoms with Gasteiger partial charge in [0.25, 0.3) is 0 Å². The lowest BCUT2D eigenvalue weighted by molar-refractivity contribution is -0.142. The van der Waals surface area contributed by atoms with E-state index in [1.165, 1.54) is 11.3 Å². The summed E-state index contributed by atoms with van der Waals surface area (Å²) < 4.78 is 0. The van der Waals surface area contributed by atoms with Crippen molar-refractivity contribution in [2.24, 2.45) is 11.7 Å². The van der Waals surface area contributed by atoms with Gasteiger partial charge in [0.2, 0.25) is 5.91 Å². The highest BCUT2D eigenvalue weighted by Crippen LogP contribution is 2.17. The summed E-state index contributed by atoms with van der Waals surface area (Å²) >= 11 is 1.40. The molecule has 94 valence electrons. The van der Waals surface area contributed by atoms with E-state index in [4.69, 9.17) is 10.8 Å². The number of nitrogens with one attached hydrogen (secondary N) is 1. The molecule has 0 saturated heterocycles. The Bertz CT molecular complexity index is 391. The Morgan fingerprint density at radius 2 is 2.12 bits per heavy atom. The Labute approximate surface area is 104 Å². The van der Waals surface area contributed by atoms with Crippen LogP contribution in [0.4, 0.5) is 0 Å². The van der Waals surface area contributed by atoms with Gasteiger partial charge in [-0.25, -0.2) is 0 Å². The number of carbonyl (C=O) groups excluding carboxylic acids is 1. The third kappa shape index (κ3) is 3.54. The van der Waals surface area contributed by atoms with Crippen molar-refractivity contribution in [3.05, 3.63) is 22.4 Å². The monoisotopic (exact) mass is 256 g/mol. The predicted octanol–water partition coefficient (Wildman–Crippen LogP) is 0.973. The molecular weight excluding hydrogens is 240 g/mol. The van der Waals surface area contributed by atoms with Gasteiger partial charge in [0.1, 0.15) is 6.04 Å². The van der Waals surface area contributed by atoms with Crippen LogP contribution >= 0.6 is 11.3 Å². The zero-order chi connectivity index (χ0) is 13.0. The molecule has 1 amide bonds. The normalized spacial score (nSPS) is 15.9. The van der Waals surface area contributed by atoms with E-state index in [0.717, 1.165) is 4.88 Å². The second-order valence-corrected chi connectivity index (χ2v) is 4.90. The molecule has 0 fully saturated rings. The third-order valence-electron chi connectivity index (χ3n) is 2.64. The Morgan fingerprint density at radius 3 is 2.59 bits per heavy atom. The molecule has 5 nitrogen and oxygen atoms in total. The van der Waals surface area contributed by atoms with Crippen LogP contribution in [0.25, 0.3) is 0 Å². The van der Waals surface area contributed by atoms with Crippen molar-refractivity contribution in [2.75, 3.05) is 0 Å². The topological polar surface area (TPSA) is 92.4 Å². The number of aliphatic carboxylic acids is 1. The molecule has 0 bridgehead atoms. The van der Waals surface area contributed by atoms with Crippen molar-refractivity contribution in [3.8, 4) is 0 Å². The molecule has 17 heavy (non-hydrogen) atoms. The first kappa shape index (κ1) is 13.7. The summed E-state index contributed by atoms with van der Waals surface area (Å²) in [5.41, 5.74) is 5.76. The quantitative estimate of drug-likeness (QED) is 0.732. The molecule has 1 aromatic heterocycles. The van der Waals surface area contributed by atoms with Gasteiger partial charge in [0.15, 0.2) is 0 Å². The van der Waals surface area contributed by atoms with Gasteiger partial charge in [-0.3, -0.25) is 9.59 Å². The molecule has 3 atom stereocenters. The third-order valence-corrected chi connectivity index (χ3v) is 3.60. The first-order valence-electron chi connectivity index (χ1n) is 5.25. The minimum atomic E-state index is -0.942. The predicted molar refractivity (Wildman–Crippen MR) is 65.7 cm³/mol. The Balaban J connectivity index is 2.58. The van der Waals surface area contributed by atoms with Gasteiger partial charge in [-0.05, 0) is 25.3 Å². The average molecular weight is 256 g/mol. The second kappa shape index (κ2) is 5.79. The van der Waals surface area contributed by atoms with Crippen molar-refractivity contribution >= 4 is 23.2 Å². The molecule has 1 aromatic rings. The molecular formula is C11H16N2O3S. The number of hydrogen-bond donors (Lipinski definition) is 3. The van der Waals surface area contributed by atoms with Gasteiger partial charge in [-0.2, -0.15) is 0 Å². The summed E-state index contributed by atoms with van der Waals surface area (Å²) in [5.74, 6) is -1.94. The molecule has 0 aliphatic carbocycles. The van der Waals surface area contributed by atoms with Gasteiger partial charge in [-0.1, -0.05) is 6.07 Å². The van der Waals surface area contributed by atoms with Crippen LogP contribution in [0.2, 0.25) is 0 Å². The van der Waals surface area contributed by atoms with Crippen LogP contribution in [0.5, 0.6) is 0 Å². The van der Waals surface area contributed by atoms with E-state index in [1.807, 2.05) is 11.4 Å². The van der Waals surface area contributed by atoms with E-state index in [2.05, 4.69) is 5.32 Å². The molecule has 1 rings (SSSR count). The van der Waals surface area contributed by atoms with E-state index in [1.54, 1.807) is 19.9 Å². The van der Waals surface area contributed by atoms with Gasteiger partial charge >= 0.3 is 5.97 Å². The molecule has 6 heteroatoms. The number of carboxylic acids is 1. The fourth-order valence-electron chi connectivity index (χ4n) is 1.25. The first-order valence-corrected chi connectivity index (χ1v) is 6.13. The van der Waals surface area contributed by atoms with E-state index in [9.17, 15) is 9.59 Å². The maximum absolute atomic E-state index is 11.8. The molecule has 0 spiro atoms. The maximum Gasteiger partial charge on any atom is 0.308 e. The SMILES string of the molecule is CC(NC(=O)C(N)c1cccs1)C(C)C(=O)O. The van der Waals surface area contributed by atoms with Crippen LogP contribution in [-0.4, -0.2) is 23.0 Å². The van der Waals surface area contributed by atoms with Crippen molar-refractivity contribution in [2.45, 2.75) is 25.9 Å². The van der Waals surface area contributed by atoms with Crippen molar-refractivity contribution in [3.63, 3.8) is 0 Å². The number of hydrogen-bond acceptors (Lipinski definition) is 4. The smallest absolute Gasteiger partial charge is 0.308 e. The van der Waals surface area contributed by atoms with E-state index in [-0.39, 0.29) is 5.91 Å². The second-order valence-electron chi connectivity index (χ2n) is 3.92. The van der Waals surface area contributed by atoms with E-state index in [0.29, 0.717) is 0 Å². The zero-order valence-electron chi connectivity index (χ0n) is 9.71. The van der Waals surface area contributed by atoms with Crippen LogP contribution in [-0.2, 0) is 9.59 Å². The summed E-state index contributed by atoms with van der Waals surface area (Å²) in [7, 11) is 0. The average Bonchev–Trinajstić information content (AvgIpc) is 2.79. The van der Waals surface area contributed by atoms with Crippen molar-refractivity contribution < 1.29 is 14.7 Å². The van der Waals surface area contributed by atoms with Crippen LogP contribution in [0.3, 0.4) is 0 Å². The lowest BCUT2D eigenvalue weighted by Crippen LogP contribution is -2.44. The number of carbonyl (C=O) groups is 2. The highest BCUT2D eigenvalue weighted by molar-refractivity contribution is 7.10. The summed E-state index contributed by atoms with van der Waals surface area (Å²) in [6, 6.07) is 2.40. The largest absolute Gasteiger partial charge is 0.481 e. The summed E-state index contributed by atoms with van der Waals surface area (Å²) in [6.45, 7) is 3.20. The zero-order valence-corrected chi connectivity index (χ0v) is 10.5. The van der Waals surface area contributed by atoms with Crippen LogP contribution in [0, 0.1) is 5.92 Å². The minimum absolute atomic E-state index is 0.354. The molecule has 0 aliphatic heterocycles. The van der Waals surface area contributed by atoms with E-state index < -0.39 is 24.0 Å². The number of nitrogens with two attached hydrogens (primary N) is 1. The van der Waals surface area contributed by atoms with Gasteiger partial charge in [0.05, 0.1) is 5.92 Å². The first-order chi connectivity index (χ1) is 7.93. The highest BCUT2D eigenvalue weighted by atomic mass is 32.1. The summed E-state index contributed by atoms with van der Waals surface area (Å²) in [6.07, 6.45) is 0. The lowest BCUT2D eigenvalue weighted by atomic mass is 10.0. The Kier molecular flexibility index (Phi) is 4.65. The fourth-order valence-corrected chi connectivity index (χ4v) is 1.98. The highest BCUT2D eigenvalue weighted by Gasteiger charge is 2.24. The molecule has 3 unspecified atom stereocenters. The van der Waals surface area contributed by atoms with Crippen LogP contribution in [0.1, 0.15) is 24.8 Å². The van der Waals surface area contributed by atoms with Gasteiger partial charge in [0, 0.05) is 10.9 Å². The molecule has 0 radical (unpaired) electrons. The van der Waals surface area contributed by atoms with Gasteiger partial charge < -0.3 is 16.2 Å². The molecule has 0 aromatic carbocycles. The fraction of sp³-hybridized carbons (Fsp3) is 0.455. The standard InChI is InChI=1S/C11H16N2O3S/c1-6(11(15)16)7(2)13-10(14)9(12)8-4-3-5-17-8/h3-7,9H,12H2,1-2H3,(H,13,14)(H,15,16). The number of carboxylic acid groups (broad SMARTS) is 1. The Morgan fingerprint density at radius 1 is 1.47 bits per heavy atom. The molecule has 0 saturated carbocycles. The van der Waals surface area contributed by atoms with E-state index >= 15 is 0 Å². The van der Waals surface area contributed by atoms with Crippen LogP contribution in [0.15, 0.2) is 17.5 Å². The number of thiophene rings is 1. The van der Waals surface area contributed by atoms with Crippen molar-refractivity contribution in [1.82, 2.24) is 5.32 Å². The maximum atomic E-state index is 11.8. The van der Waals surface area contributed by atoms with Gasteiger partial charge in [-0.15, -0.1) is 11.3 Å². The van der Waals surface area contributed by atoms with Crippen LogP contribution < -0.4 is 11.1 Å². The lowest BCUT2D eigenvalue weighted by Gasteiger charge is -2.19. The summed E-state index contributed by atoms with van der Waals surface area (Å²) in [4.78, 5) is 23.3. The minimum Gasteiger partial charge on any atom is -0.481 e. The number of rotatable bonds is 5. The Hall–Kier alpha value is -1.40. The molecule has 1 heterocycles. The molecule has 0 aliphatic rings. The molecule has 4 N–H and O–H groups in total. The van der Waals surface area contributed by atoms with Crippen molar-refractivity contribution in [1.29, 1.82) is 0 Å².